The first-order chi connectivity index (χ1) is 10.8. The van der Waals surface area contributed by atoms with Gasteiger partial charge in [-0.05, 0) is 37.1 Å². The number of methoxy groups -OCH3 is 1. The highest BCUT2D eigenvalue weighted by Crippen LogP contribution is 2.17. The van der Waals surface area contributed by atoms with Crippen LogP contribution in [-0.2, 0) is 19.6 Å². The number of rotatable bonds is 9. The molecular formula is C16H23N3O3. The van der Waals surface area contributed by atoms with E-state index in [9.17, 15) is 5.11 Å². The molecule has 120 valence electrons. The van der Waals surface area contributed by atoms with Crippen LogP contribution >= 0.6 is 0 Å². The fourth-order valence-corrected chi connectivity index (χ4v) is 2.21. The van der Waals surface area contributed by atoms with E-state index in [0.29, 0.717) is 18.8 Å². The summed E-state index contributed by atoms with van der Waals surface area (Å²) >= 11 is 0. The summed E-state index contributed by atoms with van der Waals surface area (Å²) in [5.74, 6) is 1.59. The van der Waals surface area contributed by atoms with Crippen molar-refractivity contribution in [2.75, 3.05) is 13.7 Å². The molecule has 22 heavy (non-hydrogen) atoms. The Morgan fingerprint density at radius 2 is 1.91 bits per heavy atom. The molecule has 6 heteroatoms. The van der Waals surface area contributed by atoms with Crippen molar-refractivity contribution in [3.63, 3.8) is 0 Å². The molecule has 0 aliphatic carbocycles. The Balaban J connectivity index is 1.91. The fraction of sp³-hybridized carbons (Fsp3) is 0.500. The standard InChI is InChI=1S/C16H23N3O3/c1-3-4-5-16-15(12-20)17-18-19(16)10-11-22-14-8-6-13(21-2)7-9-14/h6-9,20H,3-5,10-12H2,1-2H3. The lowest BCUT2D eigenvalue weighted by atomic mass is 10.1. The van der Waals surface area contributed by atoms with Crippen molar-refractivity contribution in [2.24, 2.45) is 0 Å². The maximum Gasteiger partial charge on any atom is 0.119 e. The van der Waals surface area contributed by atoms with Crippen LogP contribution in [0.25, 0.3) is 0 Å². The molecule has 0 unspecified atom stereocenters. The number of nitrogens with zero attached hydrogens (tertiary/aromatic N) is 3. The van der Waals surface area contributed by atoms with Crippen LogP contribution in [0.3, 0.4) is 0 Å². The highest BCUT2D eigenvalue weighted by Gasteiger charge is 2.11. The van der Waals surface area contributed by atoms with Crippen molar-refractivity contribution < 1.29 is 14.6 Å². The average Bonchev–Trinajstić information content (AvgIpc) is 2.95. The lowest BCUT2D eigenvalue weighted by Gasteiger charge is -2.09. The van der Waals surface area contributed by atoms with Crippen LogP contribution in [-0.4, -0.2) is 33.8 Å². The summed E-state index contributed by atoms with van der Waals surface area (Å²) in [6, 6.07) is 7.47. The molecule has 0 bridgehead atoms. The van der Waals surface area contributed by atoms with Crippen LogP contribution in [0, 0.1) is 0 Å². The van der Waals surface area contributed by atoms with E-state index in [1.807, 2.05) is 28.9 Å². The number of aliphatic hydroxyl groups is 1. The first kappa shape index (κ1) is 16.3. The molecule has 2 aromatic rings. The topological polar surface area (TPSA) is 69.4 Å². The average molecular weight is 305 g/mol. The predicted octanol–water partition coefficient (Wildman–Crippen LogP) is 2.20. The highest BCUT2D eigenvalue weighted by atomic mass is 16.5. The second kappa shape index (κ2) is 8.38. The molecule has 2 rings (SSSR count). The minimum Gasteiger partial charge on any atom is -0.497 e. The number of hydrogen-bond acceptors (Lipinski definition) is 5. The van der Waals surface area contributed by atoms with Crippen molar-refractivity contribution in [1.82, 2.24) is 15.0 Å². The molecule has 1 aromatic carbocycles. The molecule has 0 amide bonds. The molecule has 1 aromatic heterocycles. The van der Waals surface area contributed by atoms with E-state index in [1.54, 1.807) is 7.11 Å². The number of ether oxygens (including phenoxy) is 2. The summed E-state index contributed by atoms with van der Waals surface area (Å²) in [5.41, 5.74) is 1.67. The van der Waals surface area contributed by atoms with E-state index in [4.69, 9.17) is 9.47 Å². The molecule has 6 nitrogen and oxygen atoms in total. The van der Waals surface area contributed by atoms with Crippen LogP contribution in [0.4, 0.5) is 0 Å². The van der Waals surface area contributed by atoms with Crippen molar-refractivity contribution in [1.29, 1.82) is 0 Å². The van der Waals surface area contributed by atoms with Gasteiger partial charge < -0.3 is 14.6 Å². The Morgan fingerprint density at radius 1 is 1.18 bits per heavy atom. The zero-order valence-corrected chi connectivity index (χ0v) is 13.2. The molecule has 1 heterocycles. The summed E-state index contributed by atoms with van der Waals surface area (Å²) < 4.78 is 12.6. The summed E-state index contributed by atoms with van der Waals surface area (Å²) in [4.78, 5) is 0. The molecule has 0 saturated heterocycles. The second-order valence-electron chi connectivity index (χ2n) is 4.99. The van der Waals surface area contributed by atoms with Gasteiger partial charge in [0.25, 0.3) is 0 Å². The van der Waals surface area contributed by atoms with Gasteiger partial charge in [-0.3, -0.25) is 0 Å². The Kier molecular flexibility index (Phi) is 6.21. The maximum atomic E-state index is 9.32. The third kappa shape index (κ3) is 4.21. The van der Waals surface area contributed by atoms with Crippen molar-refractivity contribution in [3.8, 4) is 11.5 Å². The summed E-state index contributed by atoms with van der Waals surface area (Å²) in [5, 5.41) is 17.5. The smallest absolute Gasteiger partial charge is 0.119 e. The molecule has 0 atom stereocenters. The SMILES string of the molecule is CCCCc1c(CO)nnn1CCOc1ccc(OC)cc1. The fourth-order valence-electron chi connectivity index (χ4n) is 2.21. The summed E-state index contributed by atoms with van der Waals surface area (Å²) in [6.07, 6.45) is 3.03. The Morgan fingerprint density at radius 3 is 2.55 bits per heavy atom. The second-order valence-corrected chi connectivity index (χ2v) is 4.99. The van der Waals surface area contributed by atoms with Crippen LogP contribution in [0.5, 0.6) is 11.5 Å². The van der Waals surface area contributed by atoms with Crippen molar-refractivity contribution >= 4 is 0 Å². The van der Waals surface area contributed by atoms with Gasteiger partial charge >= 0.3 is 0 Å². The lowest BCUT2D eigenvalue weighted by molar-refractivity contribution is 0.274. The lowest BCUT2D eigenvalue weighted by Crippen LogP contribution is -2.13. The van der Waals surface area contributed by atoms with Gasteiger partial charge in [-0.25, -0.2) is 4.68 Å². The zero-order valence-electron chi connectivity index (χ0n) is 13.2. The first-order valence-corrected chi connectivity index (χ1v) is 7.57. The van der Waals surface area contributed by atoms with Crippen LogP contribution in [0.1, 0.15) is 31.2 Å². The van der Waals surface area contributed by atoms with Crippen molar-refractivity contribution in [3.05, 3.63) is 35.7 Å². The number of unbranched alkanes of at least 4 members (excludes halogenated alkanes) is 1. The van der Waals surface area contributed by atoms with Gasteiger partial charge in [-0.1, -0.05) is 18.6 Å². The van der Waals surface area contributed by atoms with Crippen LogP contribution in [0.2, 0.25) is 0 Å². The number of aliphatic hydroxyl groups excluding tert-OH is 1. The minimum atomic E-state index is -0.0710. The molecule has 0 spiro atoms. The number of benzene rings is 1. The van der Waals surface area contributed by atoms with E-state index in [-0.39, 0.29) is 6.61 Å². The third-order valence-electron chi connectivity index (χ3n) is 3.47. The third-order valence-corrected chi connectivity index (χ3v) is 3.47. The predicted molar refractivity (Wildman–Crippen MR) is 83.0 cm³/mol. The van der Waals surface area contributed by atoms with E-state index in [1.165, 1.54) is 0 Å². The van der Waals surface area contributed by atoms with E-state index >= 15 is 0 Å². The normalized spacial score (nSPS) is 10.7. The molecule has 0 saturated carbocycles. The Labute approximate surface area is 130 Å². The highest BCUT2D eigenvalue weighted by molar-refractivity contribution is 5.31. The van der Waals surface area contributed by atoms with Crippen LogP contribution < -0.4 is 9.47 Å². The first-order valence-electron chi connectivity index (χ1n) is 7.57. The largest absolute Gasteiger partial charge is 0.497 e. The molecule has 0 aliphatic rings. The maximum absolute atomic E-state index is 9.32. The Bertz CT molecular complexity index is 567. The number of aromatic nitrogens is 3. The summed E-state index contributed by atoms with van der Waals surface area (Å²) in [6.45, 7) is 3.18. The van der Waals surface area contributed by atoms with Crippen molar-refractivity contribution in [2.45, 2.75) is 39.3 Å². The van der Waals surface area contributed by atoms with Gasteiger partial charge in [0.2, 0.25) is 0 Å². The van der Waals surface area contributed by atoms with E-state index in [0.717, 1.165) is 36.5 Å². The van der Waals surface area contributed by atoms with Gasteiger partial charge in [-0.2, -0.15) is 0 Å². The molecule has 1 N–H and O–H groups in total. The van der Waals surface area contributed by atoms with E-state index in [2.05, 4.69) is 17.2 Å². The zero-order chi connectivity index (χ0) is 15.8. The quantitative estimate of drug-likeness (QED) is 0.769. The summed E-state index contributed by atoms with van der Waals surface area (Å²) in [7, 11) is 1.64. The van der Waals surface area contributed by atoms with Gasteiger partial charge in [0.05, 0.1) is 26.0 Å². The number of hydrogen-bond donors (Lipinski definition) is 1. The van der Waals surface area contributed by atoms with Crippen LogP contribution in [0.15, 0.2) is 24.3 Å². The van der Waals surface area contributed by atoms with Gasteiger partial charge in [0.1, 0.15) is 23.8 Å². The molecule has 0 aliphatic heterocycles. The monoisotopic (exact) mass is 305 g/mol. The Hall–Kier alpha value is -2.08. The minimum absolute atomic E-state index is 0.0710. The molecule has 0 fully saturated rings. The van der Waals surface area contributed by atoms with Gasteiger partial charge in [0.15, 0.2) is 0 Å². The molecule has 0 radical (unpaired) electrons. The van der Waals surface area contributed by atoms with Gasteiger partial charge in [0, 0.05) is 0 Å². The molecular weight excluding hydrogens is 282 g/mol. The van der Waals surface area contributed by atoms with Gasteiger partial charge in [-0.15, -0.1) is 5.10 Å². The van der Waals surface area contributed by atoms with E-state index < -0.39 is 0 Å².